The van der Waals surface area contributed by atoms with Gasteiger partial charge in [-0.3, -0.25) is 9.69 Å². The largest absolute Gasteiger partial charge is 0.379 e. The summed E-state index contributed by atoms with van der Waals surface area (Å²) in [5, 5.41) is 0. The van der Waals surface area contributed by atoms with Crippen molar-refractivity contribution in [2.45, 2.75) is 12.8 Å². The maximum atomic E-state index is 12.9. The van der Waals surface area contributed by atoms with Crippen molar-refractivity contribution in [1.82, 2.24) is 14.8 Å². The first-order valence-corrected chi connectivity index (χ1v) is 8.87. The summed E-state index contributed by atoms with van der Waals surface area (Å²) in [6.07, 6.45) is 3.90. The van der Waals surface area contributed by atoms with Gasteiger partial charge in [-0.05, 0) is 30.9 Å². The van der Waals surface area contributed by atoms with Crippen molar-refractivity contribution in [3.05, 3.63) is 23.9 Å². The zero-order valence-corrected chi connectivity index (χ0v) is 14.8. The lowest BCUT2D eigenvalue weighted by Gasteiger charge is -2.36. The summed E-state index contributed by atoms with van der Waals surface area (Å²) in [5.41, 5.74) is 0.703. The van der Waals surface area contributed by atoms with E-state index in [1.807, 2.05) is 36.0 Å². The number of nitrogens with zero attached hydrogens (tertiary/aromatic N) is 4. The Kier molecular flexibility index (Phi) is 5.68. The van der Waals surface area contributed by atoms with Crippen LogP contribution in [0.2, 0.25) is 0 Å². The lowest BCUT2D eigenvalue weighted by molar-refractivity contribution is 0.0243. The van der Waals surface area contributed by atoms with Crippen molar-refractivity contribution >= 4 is 11.7 Å². The van der Waals surface area contributed by atoms with Crippen molar-refractivity contribution in [2.24, 2.45) is 5.92 Å². The number of carbonyl (C=O) groups is 1. The Morgan fingerprint density at radius 1 is 1.25 bits per heavy atom. The third-order valence-electron chi connectivity index (χ3n) is 4.96. The molecule has 1 aromatic heterocycles. The lowest BCUT2D eigenvalue weighted by atomic mass is 9.95. The molecule has 1 aromatic rings. The van der Waals surface area contributed by atoms with E-state index in [4.69, 9.17) is 4.74 Å². The van der Waals surface area contributed by atoms with Gasteiger partial charge in [0.2, 0.25) is 0 Å². The third-order valence-corrected chi connectivity index (χ3v) is 4.96. The smallest absolute Gasteiger partial charge is 0.257 e. The van der Waals surface area contributed by atoms with E-state index in [1.54, 1.807) is 6.20 Å². The highest BCUT2D eigenvalue weighted by atomic mass is 16.5. The highest BCUT2D eigenvalue weighted by Gasteiger charge is 2.27. The monoisotopic (exact) mass is 332 g/mol. The summed E-state index contributed by atoms with van der Waals surface area (Å²) >= 11 is 0. The molecule has 2 aliphatic rings. The predicted molar refractivity (Wildman–Crippen MR) is 94.5 cm³/mol. The highest BCUT2D eigenvalue weighted by molar-refractivity contribution is 5.98. The highest BCUT2D eigenvalue weighted by Crippen LogP contribution is 2.23. The van der Waals surface area contributed by atoms with Gasteiger partial charge in [-0.15, -0.1) is 0 Å². The second kappa shape index (κ2) is 7.94. The van der Waals surface area contributed by atoms with E-state index in [0.29, 0.717) is 11.5 Å². The molecule has 6 heteroatoms. The molecule has 3 heterocycles. The molecule has 0 atom stereocenters. The number of anilines is 1. The quantitative estimate of drug-likeness (QED) is 0.833. The Morgan fingerprint density at radius 2 is 1.96 bits per heavy atom. The minimum Gasteiger partial charge on any atom is -0.379 e. The summed E-state index contributed by atoms with van der Waals surface area (Å²) in [5.74, 6) is 1.55. The number of hydrogen-bond acceptors (Lipinski definition) is 5. The number of aromatic nitrogens is 1. The van der Waals surface area contributed by atoms with Crippen molar-refractivity contribution in [3.63, 3.8) is 0 Å². The standard InChI is InChI=1S/C18H28N4O2/c1-20(2)17-16(4-3-7-19-17)18(23)22-8-5-15(6-9-22)14-21-10-12-24-13-11-21/h3-4,7,15H,5-6,8-14H2,1-2H3. The number of amides is 1. The minimum absolute atomic E-state index is 0.108. The van der Waals surface area contributed by atoms with E-state index in [-0.39, 0.29) is 5.91 Å². The number of rotatable bonds is 4. The summed E-state index contributed by atoms with van der Waals surface area (Å²) in [6, 6.07) is 3.72. The fraction of sp³-hybridized carbons (Fsp3) is 0.667. The number of ether oxygens (including phenoxy) is 1. The van der Waals surface area contributed by atoms with Gasteiger partial charge in [0.05, 0.1) is 18.8 Å². The molecular weight excluding hydrogens is 304 g/mol. The maximum Gasteiger partial charge on any atom is 0.257 e. The molecule has 0 saturated carbocycles. The van der Waals surface area contributed by atoms with Crippen LogP contribution in [0.3, 0.4) is 0 Å². The van der Waals surface area contributed by atoms with Crippen LogP contribution >= 0.6 is 0 Å². The minimum atomic E-state index is 0.108. The fourth-order valence-corrected chi connectivity index (χ4v) is 3.56. The topological polar surface area (TPSA) is 48.9 Å². The average Bonchev–Trinajstić information content (AvgIpc) is 2.62. The zero-order valence-electron chi connectivity index (χ0n) is 14.8. The molecule has 132 valence electrons. The van der Waals surface area contributed by atoms with Crippen LogP contribution < -0.4 is 4.90 Å². The molecule has 3 rings (SSSR count). The van der Waals surface area contributed by atoms with Crippen LogP contribution in [0.15, 0.2) is 18.3 Å². The number of morpholine rings is 1. The first kappa shape index (κ1) is 17.2. The molecule has 0 N–H and O–H groups in total. The normalized spacial score (nSPS) is 20.2. The Labute approximate surface area is 144 Å². The zero-order chi connectivity index (χ0) is 16.9. The predicted octanol–water partition coefficient (Wildman–Crippen LogP) is 1.33. The second-order valence-electron chi connectivity index (χ2n) is 6.92. The van der Waals surface area contributed by atoms with Crippen molar-refractivity contribution in [1.29, 1.82) is 0 Å². The number of likely N-dealkylation sites (tertiary alicyclic amines) is 1. The van der Waals surface area contributed by atoms with E-state index in [1.165, 1.54) is 0 Å². The van der Waals surface area contributed by atoms with Gasteiger partial charge in [-0.25, -0.2) is 4.98 Å². The molecule has 0 bridgehead atoms. The maximum absolute atomic E-state index is 12.9. The van der Waals surface area contributed by atoms with E-state index < -0.39 is 0 Å². The van der Waals surface area contributed by atoms with Gasteiger partial charge in [-0.1, -0.05) is 0 Å². The molecule has 2 fully saturated rings. The lowest BCUT2D eigenvalue weighted by Crippen LogP contribution is -2.44. The first-order valence-electron chi connectivity index (χ1n) is 8.87. The molecule has 0 aromatic carbocycles. The van der Waals surface area contributed by atoms with Gasteiger partial charge in [-0.2, -0.15) is 0 Å². The second-order valence-corrected chi connectivity index (χ2v) is 6.92. The van der Waals surface area contributed by atoms with Gasteiger partial charge in [0, 0.05) is 53.0 Å². The van der Waals surface area contributed by atoms with Crippen molar-refractivity contribution in [2.75, 3.05) is 64.9 Å². The average molecular weight is 332 g/mol. The van der Waals surface area contributed by atoms with Gasteiger partial charge in [0.1, 0.15) is 5.82 Å². The van der Waals surface area contributed by atoms with Crippen LogP contribution in [0.1, 0.15) is 23.2 Å². The van der Waals surface area contributed by atoms with Crippen LogP contribution in [-0.4, -0.2) is 80.7 Å². The Morgan fingerprint density at radius 3 is 2.62 bits per heavy atom. The summed E-state index contributed by atoms with van der Waals surface area (Å²) < 4.78 is 5.41. The third kappa shape index (κ3) is 4.05. The van der Waals surface area contributed by atoms with Crippen LogP contribution in [-0.2, 0) is 4.74 Å². The van der Waals surface area contributed by atoms with Gasteiger partial charge in [0.15, 0.2) is 0 Å². The Balaban J connectivity index is 1.55. The SMILES string of the molecule is CN(C)c1ncccc1C(=O)N1CCC(CN2CCOCC2)CC1. The van der Waals surface area contributed by atoms with E-state index in [2.05, 4.69) is 9.88 Å². The van der Waals surface area contributed by atoms with Crippen LogP contribution in [0.5, 0.6) is 0 Å². The number of hydrogen-bond donors (Lipinski definition) is 0. The summed E-state index contributed by atoms with van der Waals surface area (Å²) in [7, 11) is 3.85. The summed E-state index contributed by atoms with van der Waals surface area (Å²) in [6.45, 7) is 6.62. The number of piperidine rings is 1. The molecule has 0 aliphatic carbocycles. The molecule has 6 nitrogen and oxygen atoms in total. The van der Waals surface area contributed by atoms with E-state index >= 15 is 0 Å². The molecule has 0 radical (unpaired) electrons. The molecular formula is C18H28N4O2. The summed E-state index contributed by atoms with van der Waals surface area (Å²) in [4.78, 5) is 23.6. The Bertz CT molecular complexity index is 550. The fourth-order valence-electron chi connectivity index (χ4n) is 3.56. The van der Waals surface area contributed by atoms with Crippen LogP contribution in [0.4, 0.5) is 5.82 Å². The Hall–Kier alpha value is -1.66. The molecule has 0 spiro atoms. The number of carbonyl (C=O) groups excluding carboxylic acids is 1. The molecule has 24 heavy (non-hydrogen) atoms. The van der Waals surface area contributed by atoms with E-state index in [9.17, 15) is 4.79 Å². The van der Waals surface area contributed by atoms with Crippen molar-refractivity contribution in [3.8, 4) is 0 Å². The van der Waals surface area contributed by atoms with Gasteiger partial charge >= 0.3 is 0 Å². The molecule has 2 aliphatic heterocycles. The van der Waals surface area contributed by atoms with Crippen molar-refractivity contribution < 1.29 is 9.53 Å². The van der Waals surface area contributed by atoms with Gasteiger partial charge in [0.25, 0.3) is 5.91 Å². The number of pyridine rings is 1. The molecule has 1 amide bonds. The molecule has 0 unspecified atom stereocenters. The molecule has 2 saturated heterocycles. The van der Waals surface area contributed by atoms with E-state index in [0.717, 1.165) is 64.6 Å². The van der Waals surface area contributed by atoms with Crippen LogP contribution in [0.25, 0.3) is 0 Å². The van der Waals surface area contributed by atoms with Crippen LogP contribution in [0, 0.1) is 5.92 Å². The van der Waals surface area contributed by atoms with Gasteiger partial charge < -0.3 is 14.5 Å². The first-order chi connectivity index (χ1) is 11.6.